The average Bonchev–Trinajstić information content (AvgIpc) is 3.06. The smallest absolute Gasteiger partial charge is 0.321 e. The fourth-order valence-electron chi connectivity index (χ4n) is 3.25. The summed E-state index contributed by atoms with van der Waals surface area (Å²) in [6.45, 7) is 7.84. The summed E-state index contributed by atoms with van der Waals surface area (Å²) in [6.07, 6.45) is 2.05. The van der Waals surface area contributed by atoms with Gasteiger partial charge in [-0.15, -0.1) is 11.3 Å². The number of carbonyl (C=O) groups is 3. The van der Waals surface area contributed by atoms with E-state index in [0.717, 1.165) is 18.5 Å². The number of rotatable bonds is 3. The highest BCUT2D eigenvalue weighted by atomic mass is 32.1. The van der Waals surface area contributed by atoms with Crippen LogP contribution in [0.5, 0.6) is 0 Å². The minimum absolute atomic E-state index is 0.00579. The molecule has 2 heterocycles. The lowest BCUT2D eigenvalue weighted by Gasteiger charge is -2.19. The Hall–Kier alpha value is -1.96. The van der Waals surface area contributed by atoms with Gasteiger partial charge in [-0.05, 0) is 26.7 Å². The Balaban J connectivity index is 1.63. The van der Waals surface area contributed by atoms with Gasteiger partial charge in [-0.3, -0.25) is 19.8 Å². The highest BCUT2D eigenvalue weighted by molar-refractivity contribution is 7.16. The topological polar surface area (TPSA) is 91.4 Å². The number of aryl methyl sites for hydroxylation is 1. The lowest BCUT2D eigenvalue weighted by molar-refractivity contribution is -0.140. The summed E-state index contributed by atoms with van der Waals surface area (Å²) in [5.74, 6) is -0.608. The van der Waals surface area contributed by atoms with Crippen LogP contribution in [-0.4, -0.2) is 39.8 Å². The molecule has 0 radical (unpaired) electrons. The van der Waals surface area contributed by atoms with Crippen LogP contribution in [0.15, 0.2) is 0 Å². The first kappa shape index (κ1) is 16.9. The van der Waals surface area contributed by atoms with Gasteiger partial charge in [-0.25, -0.2) is 9.78 Å². The van der Waals surface area contributed by atoms with Crippen LogP contribution < -0.4 is 10.6 Å². The fourth-order valence-corrected chi connectivity index (χ4v) is 4.38. The molecule has 2 N–H and O–H groups in total. The molecule has 1 fully saturated rings. The first-order valence-corrected chi connectivity index (χ1v) is 8.94. The van der Waals surface area contributed by atoms with Crippen LogP contribution in [-0.2, 0) is 21.4 Å². The van der Waals surface area contributed by atoms with Crippen LogP contribution in [0, 0.1) is 0 Å². The summed E-state index contributed by atoms with van der Waals surface area (Å²) in [6, 6.07) is -1.51. The molecule has 3 rings (SSSR count). The van der Waals surface area contributed by atoms with Gasteiger partial charge in [0.05, 0.1) is 12.1 Å². The third-order valence-corrected chi connectivity index (χ3v) is 5.57. The van der Waals surface area contributed by atoms with E-state index in [4.69, 9.17) is 0 Å². The minimum Gasteiger partial charge on any atom is -0.325 e. The second-order valence-corrected chi connectivity index (χ2v) is 8.31. The van der Waals surface area contributed by atoms with E-state index in [9.17, 15) is 14.4 Å². The molecule has 8 heteroatoms. The summed E-state index contributed by atoms with van der Waals surface area (Å²) in [5.41, 5.74) is 1.08. The molecule has 1 saturated heterocycles. The zero-order valence-electron chi connectivity index (χ0n) is 14.3. The summed E-state index contributed by atoms with van der Waals surface area (Å²) >= 11 is 1.47. The lowest BCUT2D eigenvalue weighted by Crippen LogP contribution is -2.45. The highest BCUT2D eigenvalue weighted by Gasteiger charge is 2.41. The van der Waals surface area contributed by atoms with E-state index in [-0.39, 0.29) is 29.7 Å². The number of anilines is 1. The normalized spacial score (nSPS) is 22.2. The number of amides is 4. The fraction of sp³-hybridized carbons (Fsp3) is 0.625. The van der Waals surface area contributed by atoms with Gasteiger partial charge in [0.25, 0.3) is 5.91 Å². The Morgan fingerprint density at radius 1 is 1.38 bits per heavy atom. The van der Waals surface area contributed by atoms with Crippen molar-refractivity contribution in [1.82, 2.24) is 15.2 Å². The third-order valence-electron chi connectivity index (χ3n) is 4.54. The van der Waals surface area contributed by atoms with Crippen LogP contribution in [0.1, 0.15) is 51.1 Å². The number of nitrogens with zero attached hydrogens (tertiary/aromatic N) is 2. The molecule has 1 aromatic heterocycles. The lowest BCUT2D eigenvalue weighted by atomic mass is 9.91. The molecule has 24 heavy (non-hydrogen) atoms. The highest BCUT2D eigenvalue weighted by Crippen LogP contribution is 2.42. The first-order chi connectivity index (χ1) is 11.2. The number of hydrogen-bond acceptors (Lipinski definition) is 5. The van der Waals surface area contributed by atoms with E-state index < -0.39 is 12.1 Å². The SMILES string of the molecule is CC(C)N1C(=O)C[C@H](NC(=O)Nc2nc3c(s2)CCC3(C)C)C1=O. The Kier molecular flexibility index (Phi) is 4.11. The molecule has 2 aliphatic rings. The Morgan fingerprint density at radius 2 is 2.08 bits per heavy atom. The van der Waals surface area contributed by atoms with Crippen molar-refractivity contribution in [1.29, 1.82) is 0 Å². The number of thiazole rings is 1. The summed E-state index contributed by atoms with van der Waals surface area (Å²) in [4.78, 5) is 43.1. The third kappa shape index (κ3) is 2.90. The molecule has 0 bridgehead atoms. The first-order valence-electron chi connectivity index (χ1n) is 8.12. The van der Waals surface area contributed by atoms with Gasteiger partial charge >= 0.3 is 6.03 Å². The molecular formula is C16H22N4O3S. The van der Waals surface area contributed by atoms with E-state index >= 15 is 0 Å². The van der Waals surface area contributed by atoms with Crippen molar-refractivity contribution in [2.75, 3.05) is 5.32 Å². The Labute approximate surface area is 144 Å². The van der Waals surface area contributed by atoms with E-state index in [0.29, 0.717) is 5.13 Å². The van der Waals surface area contributed by atoms with Gasteiger partial charge in [-0.1, -0.05) is 13.8 Å². The van der Waals surface area contributed by atoms with Crippen molar-refractivity contribution < 1.29 is 14.4 Å². The largest absolute Gasteiger partial charge is 0.325 e. The second-order valence-electron chi connectivity index (χ2n) is 7.23. The maximum Gasteiger partial charge on any atom is 0.321 e. The van der Waals surface area contributed by atoms with Gasteiger partial charge < -0.3 is 5.32 Å². The summed E-state index contributed by atoms with van der Waals surface area (Å²) in [7, 11) is 0. The van der Waals surface area contributed by atoms with Crippen LogP contribution in [0.3, 0.4) is 0 Å². The maximum absolute atomic E-state index is 12.2. The standard InChI is InChI=1S/C16H22N4O3S/c1-8(2)20-11(21)7-9(13(20)22)17-14(23)19-15-18-12-10(24-15)5-6-16(12,3)4/h8-9H,5-7H2,1-4H3,(H2,17,18,19,23)/t9-/m0/s1. The number of aromatic nitrogens is 1. The van der Waals surface area contributed by atoms with Crippen LogP contribution in [0.2, 0.25) is 0 Å². The van der Waals surface area contributed by atoms with Gasteiger partial charge in [0, 0.05) is 16.3 Å². The molecule has 7 nitrogen and oxygen atoms in total. The van der Waals surface area contributed by atoms with Crippen molar-refractivity contribution in [2.45, 2.75) is 64.5 Å². The van der Waals surface area contributed by atoms with Crippen molar-refractivity contribution >= 4 is 34.3 Å². The molecule has 0 unspecified atom stereocenters. The average molecular weight is 350 g/mol. The zero-order valence-corrected chi connectivity index (χ0v) is 15.1. The monoisotopic (exact) mass is 350 g/mol. The number of carbonyl (C=O) groups excluding carboxylic acids is 3. The Morgan fingerprint density at radius 3 is 2.67 bits per heavy atom. The van der Waals surface area contributed by atoms with E-state index in [1.54, 1.807) is 13.8 Å². The molecule has 4 amide bonds. The number of likely N-dealkylation sites (tertiary alicyclic amines) is 1. The predicted octanol–water partition coefficient (Wildman–Crippen LogP) is 2.02. The number of urea groups is 1. The van der Waals surface area contributed by atoms with Gasteiger partial charge in [0.1, 0.15) is 6.04 Å². The van der Waals surface area contributed by atoms with Crippen LogP contribution >= 0.6 is 11.3 Å². The molecule has 1 atom stereocenters. The Bertz CT molecular complexity index is 710. The second kappa shape index (κ2) is 5.84. The van der Waals surface area contributed by atoms with Gasteiger partial charge in [0.2, 0.25) is 5.91 Å². The predicted molar refractivity (Wildman–Crippen MR) is 91.0 cm³/mol. The molecular weight excluding hydrogens is 328 g/mol. The minimum atomic E-state index is -0.803. The van der Waals surface area contributed by atoms with E-state index in [1.807, 2.05) is 0 Å². The quantitative estimate of drug-likeness (QED) is 0.816. The molecule has 0 spiro atoms. The van der Waals surface area contributed by atoms with Crippen molar-refractivity contribution in [3.8, 4) is 0 Å². The molecule has 1 aromatic rings. The number of hydrogen-bond donors (Lipinski definition) is 2. The van der Waals surface area contributed by atoms with Crippen molar-refractivity contribution in [3.05, 3.63) is 10.6 Å². The van der Waals surface area contributed by atoms with Gasteiger partial charge in [-0.2, -0.15) is 0 Å². The molecule has 0 aromatic carbocycles. The molecule has 130 valence electrons. The van der Waals surface area contributed by atoms with Crippen LogP contribution in [0.4, 0.5) is 9.93 Å². The van der Waals surface area contributed by atoms with Gasteiger partial charge in [0.15, 0.2) is 5.13 Å². The van der Waals surface area contributed by atoms with E-state index in [1.165, 1.54) is 21.1 Å². The van der Waals surface area contributed by atoms with Crippen molar-refractivity contribution in [2.24, 2.45) is 0 Å². The maximum atomic E-state index is 12.2. The number of fused-ring (bicyclic) bond motifs is 1. The summed E-state index contributed by atoms with van der Waals surface area (Å²) < 4.78 is 0. The molecule has 1 aliphatic carbocycles. The zero-order chi connectivity index (χ0) is 17.6. The number of nitrogens with one attached hydrogen (secondary N) is 2. The molecule has 0 saturated carbocycles. The van der Waals surface area contributed by atoms with Crippen LogP contribution in [0.25, 0.3) is 0 Å². The number of imide groups is 1. The summed E-state index contributed by atoms with van der Waals surface area (Å²) in [5, 5.41) is 5.80. The van der Waals surface area contributed by atoms with E-state index in [2.05, 4.69) is 29.5 Å². The molecule has 1 aliphatic heterocycles. The van der Waals surface area contributed by atoms with Crippen molar-refractivity contribution in [3.63, 3.8) is 0 Å².